The van der Waals surface area contributed by atoms with Gasteiger partial charge in [-0.25, -0.2) is 8.78 Å². The van der Waals surface area contributed by atoms with Crippen molar-refractivity contribution in [3.8, 4) is 11.5 Å². The van der Waals surface area contributed by atoms with Crippen LogP contribution in [0.4, 0.5) is 20.5 Å². The lowest BCUT2D eigenvalue weighted by Gasteiger charge is -2.17. The summed E-state index contributed by atoms with van der Waals surface area (Å²) in [5, 5.41) is 13.3. The lowest BCUT2D eigenvalue weighted by Crippen LogP contribution is -2.25. The van der Waals surface area contributed by atoms with Crippen molar-refractivity contribution in [2.24, 2.45) is 0 Å². The van der Waals surface area contributed by atoms with E-state index in [4.69, 9.17) is 4.42 Å². The van der Waals surface area contributed by atoms with Gasteiger partial charge in [-0.2, -0.15) is 0 Å². The van der Waals surface area contributed by atoms with Gasteiger partial charge in [0, 0.05) is 12.2 Å². The van der Waals surface area contributed by atoms with Gasteiger partial charge in [-0.05, 0) is 56.4 Å². The van der Waals surface area contributed by atoms with E-state index >= 15 is 0 Å². The average Bonchev–Trinajstić information content (AvgIpc) is 3.23. The number of rotatable bonds is 10. The van der Waals surface area contributed by atoms with E-state index in [1.807, 2.05) is 0 Å². The predicted octanol–water partition coefficient (Wildman–Crippen LogP) is 4.41. The summed E-state index contributed by atoms with van der Waals surface area (Å²) >= 11 is 0. The summed E-state index contributed by atoms with van der Waals surface area (Å²) in [7, 11) is 0. The number of benzene rings is 2. The molecular formula is C22H25F2N5O2. The molecule has 0 bridgehead atoms. The second kappa shape index (κ2) is 10.6. The second-order valence-electron chi connectivity index (χ2n) is 6.85. The van der Waals surface area contributed by atoms with Crippen molar-refractivity contribution in [2.75, 3.05) is 36.8 Å². The van der Waals surface area contributed by atoms with Gasteiger partial charge in [-0.3, -0.25) is 4.79 Å². The lowest BCUT2D eigenvalue weighted by molar-refractivity contribution is 0.102. The van der Waals surface area contributed by atoms with E-state index in [0.29, 0.717) is 6.54 Å². The first-order valence-corrected chi connectivity index (χ1v) is 10.2. The molecule has 3 aromatic rings. The first-order chi connectivity index (χ1) is 15.0. The normalized spacial score (nSPS) is 11.0. The van der Waals surface area contributed by atoms with Gasteiger partial charge in [0.2, 0.25) is 0 Å². The van der Waals surface area contributed by atoms with Crippen LogP contribution in [0.1, 0.15) is 30.6 Å². The molecule has 0 fully saturated rings. The zero-order valence-corrected chi connectivity index (χ0v) is 17.5. The number of anilines is 2. The molecule has 0 saturated heterocycles. The first-order valence-electron chi connectivity index (χ1n) is 10.2. The van der Waals surface area contributed by atoms with E-state index < -0.39 is 17.5 Å². The molecule has 0 spiro atoms. The summed E-state index contributed by atoms with van der Waals surface area (Å²) in [6, 6.07) is 9.81. The van der Waals surface area contributed by atoms with Crippen LogP contribution in [-0.2, 0) is 0 Å². The van der Waals surface area contributed by atoms with E-state index in [2.05, 4.69) is 39.6 Å². The third-order valence-electron chi connectivity index (χ3n) is 4.82. The smallest absolute Gasteiger partial charge is 0.315 e. The topological polar surface area (TPSA) is 83.3 Å². The molecule has 0 aliphatic carbocycles. The number of carbonyl (C=O) groups is 1. The molecular weight excluding hydrogens is 404 g/mol. The number of halogens is 2. The molecule has 2 N–H and O–H groups in total. The fourth-order valence-corrected chi connectivity index (χ4v) is 3.05. The van der Waals surface area contributed by atoms with Crippen LogP contribution in [0.2, 0.25) is 0 Å². The fraction of sp³-hybridized carbons (Fsp3) is 0.318. The number of amides is 1. The van der Waals surface area contributed by atoms with E-state index in [-0.39, 0.29) is 28.7 Å². The van der Waals surface area contributed by atoms with Crippen molar-refractivity contribution >= 4 is 17.6 Å². The molecule has 1 amide bonds. The number of nitrogens with one attached hydrogen (secondary N) is 2. The Kier molecular flexibility index (Phi) is 7.66. The standard InChI is InChI=1S/C22H25F2N5O2/c1-3-29(4-2)13-7-12-25-22-28-27-21(31-22)17-11-10-15(14-19(17)24)26-20(30)16-8-5-6-9-18(16)23/h5-6,8-11,14H,3-4,7,12-13H2,1-2H3,(H,25,28)(H,26,30). The molecule has 0 saturated carbocycles. The highest BCUT2D eigenvalue weighted by Gasteiger charge is 2.16. The van der Waals surface area contributed by atoms with Gasteiger partial charge in [-0.15, -0.1) is 5.10 Å². The maximum Gasteiger partial charge on any atom is 0.315 e. The van der Waals surface area contributed by atoms with Gasteiger partial charge in [0.05, 0.1) is 11.1 Å². The second-order valence-corrected chi connectivity index (χ2v) is 6.85. The summed E-state index contributed by atoms with van der Waals surface area (Å²) in [6.07, 6.45) is 0.907. The van der Waals surface area contributed by atoms with Crippen molar-refractivity contribution in [1.29, 1.82) is 0 Å². The molecule has 1 aromatic heterocycles. The van der Waals surface area contributed by atoms with Crippen molar-refractivity contribution in [3.05, 3.63) is 59.7 Å². The van der Waals surface area contributed by atoms with Crippen LogP contribution >= 0.6 is 0 Å². The third kappa shape index (κ3) is 5.85. The molecule has 31 heavy (non-hydrogen) atoms. The number of hydrogen-bond acceptors (Lipinski definition) is 6. The molecule has 9 heteroatoms. The summed E-state index contributed by atoms with van der Waals surface area (Å²) < 4.78 is 33.8. The fourth-order valence-electron chi connectivity index (χ4n) is 3.05. The number of carbonyl (C=O) groups excluding carboxylic acids is 1. The molecule has 1 heterocycles. The first kappa shape index (κ1) is 22.4. The highest BCUT2D eigenvalue weighted by molar-refractivity contribution is 6.04. The molecule has 0 aliphatic rings. The quantitative estimate of drug-likeness (QED) is 0.465. The Labute approximate surface area is 179 Å². The van der Waals surface area contributed by atoms with Crippen LogP contribution in [0.5, 0.6) is 0 Å². The monoisotopic (exact) mass is 429 g/mol. The Hall–Kier alpha value is -3.33. The van der Waals surface area contributed by atoms with Gasteiger partial charge in [0.25, 0.3) is 11.8 Å². The van der Waals surface area contributed by atoms with E-state index in [9.17, 15) is 13.6 Å². The Balaban J connectivity index is 1.60. The minimum absolute atomic E-state index is 0.0238. The van der Waals surface area contributed by atoms with Crippen molar-refractivity contribution in [2.45, 2.75) is 20.3 Å². The molecule has 3 rings (SSSR count). The van der Waals surface area contributed by atoms with Gasteiger partial charge in [0.1, 0.15) is 11.6 Å². The van der Waals surface area contributed by atoms with Crippen molar-refractivity contribution in [3.63, 3.8) is 0 Å². The van der Waals surface area contributed by atoms with Gasteiger partial charge in [-0.1, -0.05) is 31.1 Å². The summed E-state index contributed by atoms with van der Waals surface area (Å²) in [5.74, 6) is -1.95. The molecule has 164 valence electrons. The van der Waals surface area contributed by atoms with Gasteiger partial charge < -0.3 is 20.0 Å². The average molecular weight is 429 g/mol. The number of aromatic nitrogens is 2. The Morgan fingerprint density at radius 3 is 2.55 bits per heavy atom. The van der Waals surface area contributed by atoms with Crippen LogP contribution in [0, 0.1) is 11.6 Å². The van der Waals surface area contributed by atoms with Crippen LogP contribution in [0.3, 0.4) is 0 Å². The molecule has 0 unspecified atom stereocenters. The highest BCUT2D eigenvalue weighted by atomic mass is 19.1. The minimum atomic E-state index is -0.667. The summed E-state index contributed by atoms with van der Waals surface area (Å²) in [6.45, 7) is 7.84. The van der Waals surface area contributed by atoms with Crippen LogP contribution in [-0.4, -0.2) is 47.2 Å². The lowest BCUT2D eigenvalue weighted by atomic mass is 10.1. The largest absolute Gasteiger partial charge is 0.403 e. The zero-order chi connectivity index (χ0) is 22.2. The Morgan fingerprint density at radius 1 is 1.06 bits per heavy atom. The Morgan fingerprint density at radius 2 is 1.84 bits per heavy atom. The molecule has 0 aliphatic heterocycles. The number of nitrogens with zero attached hydrogens (tertiary/aromatic N) is 3. The molecule has 2 aromatic carbocycles. The maximum atomic E-state index is 14.6. The molecule has 0 atom stereocenters. The highest BCUT2D eigenvalue weighted by Crippen LogP contribution is 2.26. The third-order valence-corrected chi connectivity index (χ3v) is 4.82. The Bertz CT molecular complexity index is 1020. The van der Waals surface area contributed by atoms with Crippen LogP contribution in [0.25, 0.3) is 11.5 Å². The summed E-state index contributed by atoms with van der Waals surface area (Å²) in [4.78, 5) is 14.5. The van der Waals surface area contributed by atoms with Crippen molar-refractivity contribution in [1.82, 2.24) is 15.1 Å². The minimum Gasteiger partial charge on any atom is -0.403 e. The van der Waals surface area contributed by atoms with Crippen LogP contribution < -0.4 is 10.6 Å². The van der Waals surface area contributed by atoms with E-state index in [1.54, 1.807) is 6.07 Å². The van der Waals surface area contributed by atoms with Crippen molar-refractivity contribution < 1.29 is 18.0 Å². The van der Waals surface area contributed by atoms with Gasteiger partial charge in [0.15, 0.2) is 0 Å². The maximum absolute atomic E-state index is 14.6. The van der Waals surface area contributed by atoms with E-state index in [0.717, 1.165) is 32.1 Å². The summed E-state index contributed by atoms with van der Waals surface area (Å²) in [5.41, 5.74) is 0.164. The van der Waals surface area contributed by atoms with Gasteiger partial charge >= 0.3 is 6.01 Å². The van der Waals surface area contributed by atoms with E-state index in [1.165, 1.54) is 30.3 Å². The predicted molar refractivity (Wildman–Crippen MR) is 115 cm³/mol. The zero-order valence-electron chi connectivity index (χ0n) is 17.5. The molecule has 7 nitrogen and oxygen atoms in total. The number of hydrogen-bond donors (Lipinski definition) is 2. The molecule has 0 radical (unpaired) electrons. The SMILES string of the molecule is CCN(CC)CCCNc1nnc(-c2ccc(NC(=O)c3ccccc3F)cc2F)o1. The van der Waals surface area contributed by atoms with Crippen LogP contribution in [0.15, 0.2) is 46.9 Å².